The molecule has 21 heavy (non-hydrogen) atoms. The molecule has 0 bridgehead atoms. The number of benzene rings is 2. The van der Waals surface area contributed by atoms with Gasteiger partial charge in [0.15, 0.2) is 0 Å². The van der Waals surface area contributed by atoms with E-state index in [1.807, 2.05) is 0 Å². The SMILES string of the molecule is O=C(O)c1ccc(Cl)c(-c2ccc(F)c(C(F)(F)F)c2)c1. The summed E-state index contributed by atoms with van der Waals surface area (Å²) in [7, 11) is 0. The van der Waals surface area contributed by atoms with Crippen molar-refractivity contribution >= 4 is 17.6 Å². The highest BCUT2D eigenvalue weighted by Gasteiger charge is 2.34. The molecule has 0 aromatic heterocycles. The number of hydrogen-bond acceptors (Lipinski definition) is 1. The van der Waals surface area contributed by atoms with Gasteiger partial charge in [-0.25, -0.2) is 9.18 Å². The van der Waals surface area contributed by atoms with Crippen LogP contribution in [0.25, 0.3) is 11.1 Å². The molecule has 110 valence electrons. The molecule has 2 aromatic carbocycles. The van der Waals surface area contributed by atoms with Gasteiger partial charge >= 0.3 is 12.1 Å². The summed E-state index contributed by atoms with van der Waals surface area (Å²) in [6.07, 6.45) is -4.85. The molecule has 0 amide bonds. The maximum Gasteiger partial charge on any atom is 0.419 e. The van der Waals surface area contributed by atoms with E-state index in [0.29, 0.717) is 12.1 Å². The number of carboxylic acids is 1. The van der Waals surface area contributed by atoms with Crippen molar-refractivity contribution < 1.29 is 27.5 Å². The first-order valence-electron chi connectivity index (χ1n) is 5.60. The van der Waals surface area contributed by atoms with Crippen molar-refractivity contribution in [2.45, 2.75) is 6.18 Å². The number of aromatic carboxylic acids is 1. The fraction of sp³-hybridized carbons (Fsp3) is 0.0714. The fourth-order valence-corrected chi connectivity index (χ4v) is 2.02. The van der Waals surface area contributed by atoms with Crippen LogP contribution in [0.1, 0.15) is 15.9 Å². The lowest BCUT2D eigenvalue weighted by Gasteiger charge is -2.11. The normalized spacial score (nSPS) is 11.5. The second kappa shape index (κ2) is 5.37. The molecule has 0 aliphatic heterocycles. The molecule has 0 unspecified atom stereocenters. The molecule has 0 fully saturated rings. The third-order valence-corrected chi connectivity index (χ3v) is 3.13. The number of alkyl halides is 3. The van der Waals surface area contributed by atoms with Crippen LogP contribution in [0.3, 0.4) is 0 Å². The van der Waals surface area contributed by atoms with Gasteiger partial charge in [0.25, 0.3) is 0 Å². The Labute approximate surface area is 121 Å². The molecular formula is C14H7ClF4O2. The van der Waals surface area contributed by atoms with Gasteiger partial charge in [-0.2, -0.15) is 13.2 Å². The van der Waals surface area contributed by atoms with Crippen LogP contribution in [-0.2, 0) is 6.18 Å². The molecule has 7 heteroatoms. The van der Waals surface area contributed by atoms with Crippen LogP contribution in [0, 0.1) is 5.82 Å². The van der Waals surface area contributed by atoms with E-state index < -0.39 is 23.5 Å². The standard InChI is InChI=1S/C14H7ClF4O2/c15-11-3-1-8(13(20)21)5-9(11)7-2-4-12(16)10(6-7)14(17,18)19/h1-6H,(H,20,21). The third kappa shape index (κ3) is 3.16. The summed E-state index contributed by atoms with van der Waals surface area (Å²) in [5, 5.41) is 8.96. The topological polar surface area (TPSA) is 37.3 Å². The fourth-order valence-electron chi connectivity index (χ4n) is 1.79. The number of carboxylic acid groups (broad SMARTS) is 1. The average Bonchev–Trinajstić information content (AvgIpc) is 2.38. The molecule has 1 N–H and O–H groups in total. The van der Waals surface area contributed by atoms with E-state index in [1.54, 1.807) is 0 Å². The van der Waals surface area contributed by atoms with Crippen LogP contribution in [-0.4, -0.2) is 11.1 Å². The predicted molar refractivity (Wildman–Crippen MR) is 68.8 cm³/mol. The summed E-state index contributed by atoms with van der Waals surface area (Å²) in [4.78, 5) is 10.9. The predicted octanol–water partition coefficient (Wildman–Crippen LogP) is 4.86. The maximum atomic E-state index is 13.2. The van der Waals surface area contributed by atoms with Gasteiger partial charge in [-0.05, 0) is 35.9 Å². The largest absolute Gasteiger partial charge is 0.478 e. The Kier molecular flexibility index (Phi) is 3.91. The number of hydrogen-bond donors (Lipinski definition) is 1. The van der Waals surface area contributed by atoms with E-state index in [-0.39, 0.29) is 21.7 Å². The van der Waals surface area contributed by atoms with Crippen LogP contribution in [0.4, 0.5) is 17.6 Å². The Morgan fingerprint density at radius 2 is 1.76 bits per heavy atom. The highest BCUT2D eigenvalue weighted by molar-refractivity contribution is 6.33. The van der Waals surface area contributed by atoms with Gasteiger partial charge in [-0.15, -0.1) is 0 Å². The minimum Gasteiger partial charge on any atom is -0.478 e. The second-order valence-corrected chi connectivity index (χ2v) is 4.60. The van der Waals surface area contributed by atoms with Gasteiger partial charge in [0.1, 0.15) is 5.82 Å². The smallest absolute Gasteiger partial charge is 0.419 e. The van der Waals surface area contributed by atoms with Gasteiger partial charge < -0.3 is 5.11 Å². The molecule has 0 aliphatic carbocycles. The van der Waals surface area contributed by atoms with Gasteiger partial charge in [-0.3, -0.25) is 0 Å². The molecule has 0 heterocycles. The van der Waals surface area contributed by atoms with E-state index in [4.69, 9.17) is 16.7 Å². The Morgan fingerprint density at radius 3 is 2.33 bits per heavy atom. The summed E-state index contributed by atoms with van der Waals surface area (Å²) in [5.74, 6) is -2.65. The first kappa shape index (κ1) is 15.3. The number of halogens is 5. The molecule has 0 radical (unpaired) electrons. The van der Waals surface area contributed by atoms with Crippen LogP contribution in [0.2, 0.25) is 5.02 Å². The Bertz CT molecular complexity index is 711. The zero-order chi connectivity index (χ0) is 15.8. The molecule has 2 nitrogen and oxygen atoms in total. The lowest BCUT2D eigenvalue weighted by Crippen LogP contribution is -2.08. The van der Waals surface area contributed by atoms with E-state index in [9.17, 15) is 22.4 Å². The Morgan fingerprint density at radius 1 is 1.10 bits per heavy atom. The van der Waals surface area contributed by atoms with Crippen LogP contribution in [0.5, 0.6) is 0 Å². The molecule has 2 rings (SSSR count). The highest BCUT2D eigenvalue weighted by Crippen LogP contribution is 2.36. The van der Waals surface area contributed by atoms with Crippen molar-refractivity contribution in [3.63, 3.8) is 0 Å². The van der Waals surface area contributed by atoms with E-state index in [2.05, 4.69) is 0 Å². The molecule has 0 saturated carbocycles. The number of rotatable bonds is 2. The van der Waals surface area contributed by atoms with Gasteiger partial charge in [0.05, 0.1) is 11.1 Å². The quantitative estimate of drug-likeness (QED) is 0.803. The van der Waals surface area contributed by atoms with E-state index in [0.717, 1.165) is 12.1 Å². The molecule has 0 spiro atoms. The van der Waals surface area contributed by atoms with Gasteiger partial charge in [0.2, 0.25) is 0 Å². The van der Waals surface area contributed by atoms with E-state index >= 15 is 0 Å². The Hall–Kier alpha value is -2.08. The lowest BCUT2D eigenvalue weighted by molar-refractivity contribution is -0.139. The van der Waals surface area contributed by atoms with Crippen LogP contribution in [0.15, 0.2) is 36.4 Å². The minimum atomic E-state index is -4.85. The second-order valence-electron chi connectivity index (χ2n) is 4.19. The first-order chi connectivity index (χ1) is 9.70. The molecule has 2 aromatic rings. The lowest BCUT2D eigenvalue weighted by atomic mass is 10.0. The molecular weight excluding hydrogens is 312 g/mol. The first-order valence-corrected chi connectivity index (χ1v) is 5.98. The summed E-state index contributed by atoms with van der Waals surface area (Å²) in [6.45, 7) is 0. The Balaban J connectivity index is 2.62. The summed E-state index contributed by atoms with van der Waals surface area (Å²) in [5.41, 5.74) is -1.50. The van der Waals surface area contributed by atoms with Crippen molar-refractivity contribution in [3.8, 4) is 11.1 Å². The zero-order valence-electron chi connectivity index (χ0n) is 10.2. The molecule has 0 atom stereocenters. The number of carbonyl (C=O) groups is 1. The van der Waals surface area contributed by atoms with Gasteiger partial charge in [0, 0.05) is 10.6 Å². The molecule has 0 aliphatic rings. The van der Waals surface area contributed by atoms with Gasteiger partial charge in [-0.1, -0.05) is 17.7 Å². The van der Waals surface area contributed by atoms with Crippen molar-refractivity contribution in [2.75, 3.05) is 0 Å². The van der Waals surface area contributed by atoms with Crippen molar-refractivity contribution in [1.29, 1.82) is 0 Å². The average molecular weight is 319 g/mol. The van der Waals surface area contributed by atoms with Crippen molar-refractivity contribution in [2.24, 2.45) is 0 Å². The maximum absolute atomic E-state index is 13.2. The summed E-state index contributed by atoms with van der Waals surface area (Å²) in [6, 6.07) is 6.00. The summed E-state index contributed by atoms with van der Waals surface area (Å²) >= 11 is 5.87. The summed E-state index contributed by atoms with van der Waals surface area (Å²) < 4.78 is 51.3. The minimum absolute atomic E-state index is 0.0168. The van der Waals surface area contributed by atoms with Crippen LogP contribution >= 0.6 is 11.6 Å². The molecule has 0 saturated heterocycles. The zero-order valence-corrected chi connectivity index (χ0v) is 11.0. The van der Waals surface area contributed by atoms with Crippen LogP contribution < -0.4 is 0 Å². The highest BCUT2D eigenvalue weighted by atomic mass is 35.5. The third-order valence-electron chi connectivity index (χ3n) is 2.80. The van der Waals surface area contributed by atoms with Crippen molar-refractivity contribution in [3.05, 3.63) is 58.4 Å². The van der Waals surface area contributed by atoms with Crippen molar-refractivity contribution in [1.82, 2.24) is 0 Å². The monoisotopic (exact) mass is 318 g/mol. The van der Waals surface area contributed by atoms with E-state index in [1.165, 1.54) is 12.1 Å².